The molecular weight excluding hydrogens is 336 g/mol. The average Bonchev–Trinajstić information content (AvgIpc) is 2.67. The first-order valence-corrected chi connectivity index (χ1v) is 9.14. The number of benzene rings is 3. The van der Waals surface area contributed by atoms with Crippen LogP contribution in [0.5, 0.6) is 17.2 Å². The predicted molar refractivity (Wildman–Crippen MR) is 107 cm³/mol. The van der Waals surface area contributed by atoms with Gasteiger partial charge in [-0.15, -0.1) is 0 Å². The molecule has 0 aliphatic carbocycles. The quantitative estimate of drug-likeness (QED) is 0.502. The van der Waals surface area contributed by atoms with Gasteiger partial charge in [-0.3, -0.25) is 0 Å². The van der Waals surface area contributed by atoms with Crippen LogP contribution in [0.15, 0.2) is 72.8 Å². The third kappa shape index (κ3) is 5.71. The van der Waals surface area contributed by atoms with Crippen molar-refractivity contribution in [2.24, 2.45) is 0 Å². The van der Waals surface area contributed by atoms with E-state index in [1.165, 1.54) is 0 Å². The average molecular weight is 360 g/mol. The van der Waals surface area contributed by atoms with Gasteiger partial charge in [0.15, 0.2) is 0 Å². The SMILES string of the molecule is CC(=O)CCc1ccc(OCc2cccc(Oc3ccccc3)c2)c(C)c1. The van der Waals surface area contributed by atoms with Gasteiger partial charge >= 0.3 is 0 Å². The van der Waals surface area contributed by atoms with Crippen LogP contribution in [0.3, 0.4) is 0 Å². The summed E-state index contributed by atoms with van der Waals surface area (Å²) in [5.74, 6) is 2.67. The molecule has 3 aromatic carbocycles. The second-order valence-electron chi connectivity index (χ2n) is 6.65. The smallest absolute Gasteiger partial charge is 0.130 e. The Morgan fingerprint density at radius 1 is 0.852 bits per heavy atom. The first-order chi connectivity index (χ1) is 13.1. The molecule has 3 aromatic rings. The number of rotatable bonds is 8. The van der Waals surface area contributed by atoms with Crippen LogP contribution in [0.4, 0.5) is 0 Å². The monoisotopic (exact) mass is 360 g/mol. The highest BCUT2D eigenvalue weighted by molar-refractivity contribution is 5.75. The first-order valence-electron chi connectivity index (χ1n) is 9.14. The number of ketones is 1. The normalized spacial score (nSPS) is 10.4. The molecule has 0 aliphatic heterocycles. The van der Waals surface area contributed by atoms with Crippen LogP contribution >= 0.6 is 0 Å². The Morgan fingerprint density at radius 2 is 1.63 bits per heavy atom. The van der Waals surface area contributed by atoms with E-state index in [1.807, 2.05) is 73.7 Å². The van der Waals surface area contributed by atoms with Crippen molar-refractivity contribution < 1.29 is 14.3 Å². The fraction of sp³-hybridized carbons (Fsp3) is 0.208. The summed E-state index contributed by atoms with van der Waals surface area (Å²) in [4.78, 5) is 11.1. The molecule has 0 fully saturated rings. The summed E-state index contributed by atoms with van der Waals surface area (Å²) in [5.41, 5.74) is 3.28. The summed E-state index contributed by atoms with van der Waals surface area (Å²) in [6.07, 6.45) is 1.35. The molecule has 0 saturated heterocycles. The molecule has 0 heterocycles. The van der Waals surface area contributed by atoms with E-state index < -0.39 is 0 Å². The van der Waals surface area contributed by atoms with Crippen molar-refractivity contribution in [3.05, 3.63) is 89.5 Å². The molecule has 0 aromatic heterocycles. The summed E-state index contributed by atoms with van der Waals surface area (Å²) in [6.45, 7) is 4.13. The van der Waals surface area contributed by atoms with Gasteiger partial charge < -0.3 is 14.3 Å². The molecule has 0 atom stereocenters. The Labute approximate surface area is 160 Å². The largest absolute Gasteiger partial charge is 0.489 e. The van der Waals surface area contributed by atoms with Gasteiger partial charge in [0, 0.05) is 6.42 Å². The Bertz CT molecular complexity index is 901. The van der Waals surface area contributed by atoms with Crippen molar-refractivity contribution >= 4 is 5.78 Å². The minimum atomic E-state index is 0.214. The molecule has 0 N–H and O–H groups in total. The summed E-state index contributed by atoms with van der Waals surface area (Å²) >= 11 is 0. The Kier molecular flexibility index (Phi) is 6.26. The van der Waals surface area contributed by atoms with Gasteiger partial charge in [0.2, 0.25) is 0 Å². The second-order valence-corrected chi connectivity index (χ2v) is 6.65. The number of ether oxygens (including phenoxy) is 2. The third-order valence-corrected chi connectivity index (χ3v) is 4.28. The van der Waals surface area contributed by atoms with E-state index in [1.54, 1.807) is 6.92 Å². The van der Waals surface area contributed by atoms with Crippen LogP contribution < -0.4 is 9.47 Å². The molecule has 3 heteroatoms. The highest BCUT2D eigenvalue weighted by Gasteiger charge is 2.05. The van der Waals surface area contributed by atoms with Crippen molar-refractivity contribution in [2.45, 2.75) is 33.3 Å². The van der Waals surface area contributed by atoms with E-state index in [-0.39, 0.29) is 5.78 Å². The lowest BCUT2D eigenvalue weighted by Crippen LogP contribution is -1.99. The maximum atomic E-state index is 11.1. The van der Waals surface area contributed by atoms with E-state index in [4.69, 9.17) is 9.47 Å². The molecule has 3 nitrogen and oxygen atoms in total. The van der Waals surface area contributed by atoms with E-state index >= 15 is 0 Å². The van der Waals surface area contributed by atoms with Crippen molar-refractivity contribution in [3.63, 3.8) is 0 Å². The van der Waals surface area contributed by atoms with Gasteiger partial charge in [-0.2, -0.15) is 0 Å². The molecule has 0 saturated carbocycles. The number of aryl methyl sites for hydroxylation is 2. The molecule has 3 rings (SSSR count). The minimum Gasteiger partial charge on any atom is -0.489 e. The van der Waals surface area contributed by atoms with Gasteiger partial charge in [-0.25, -0.2) is 0 Å². The molecule has 0 radical (unpaired) electrons. The number of Topliss-reactive ketones (excluding diaryl/α,β-unsaturated/α-hetero) is 1. The molecule has 0 spiro atoms. The van der Waals surface area contributed by atoms with Crippen molar-refractivity contribution in [3.8, 4) is 17.2 Å². The second kappa shape index (κ2) is 9.04. The lowest BCUT2D eigenvalue weighted by Gasteiger charge is -2.12. The highest BCUT2D eigenvalue weighted by atomic mass is 16.5. The number of hydrogen-bond donors (Lipinski definition) is 0. The van der Waals surface area contributed by atoms with Crippen LogP contribution in [0.2, 0.25) is 0 Å². The van der Waals surface area contributed by atoms with Crippen LogP contribution in [-0.4, -0.2) is 5.78 Å². The predicted octanol–water partition coefficient (Wildman–Crippen LogP) is 5.89. The van der Waals surface area contributed by atoms with Crippen molar-refractivity contribution in [1.82, 2.24) is 0 Å². The molecule has 0 unspecified atom stereocenters. The summed E-state index contributed by atoms with van der Waals surface area (Å²) in [6, 6.07) is 23.7. The van der Waals surface area contributed by atoms with E-state index in [2.05, 4.69) is 6.07 Å². The summed E-state index contributed by atoms with van der Waals surface area (Å²) in [5, 5.41) is 0. The van der Waals surface area contributed by atoms with Gasteiger partial charge in [-0.05, 0) is 67.3 Å². The number of carbonyl (C=O) groups is 1. The number of carbonyl (C=O) groups excluding carboxylic acids is 1. The zero-order chi connectivity index (χ0) is 19.1. The van der Waals surface area contributed by atoms with Gasteiger partial charge in [0.1, 0.15) is 29.6 Å². The van der Waals surface area contributed by atoms with Crippen LogP contribution in [0, 0.1) is 6.92 Å². The van der Waals surface area contributed by atoms with E-state index in [0.29, 0.717) is 13.0 Å². The summed E-state index contributed by atoms with van der Waals surface area (Å²) < 4.78 is 11.9. The topological polar surface area (TPSA) is 35.5 Å². The zero-order valence-corrected chi connectivity index (χ0v) is 15.8. The fourth-order valence-electron chi connectivity index (χ4n) is 2.83. The van der Waals surface area contributed by atoms with Crippen LogP contribution in [0.1, 0.15) is 30.0 Å². The standard InChI is InChI=1S/C24H24O3/c1-18-15-20(12-11-19(2)25)13-14-24(18)26-17-21-7-6-10-23(16-21)27-22-8-4-3-5-9-22/h3-10,13-16H,11-12,17H2,1-2H3. The highest BCUT2D eigenvalue weighted by Crippen LogP contribution is 2.24. The van der Waals surface area contributed by atoms with E-state index in [0.717, 1.165) is 40.4 Å². The fourth-order valence-corrected chi connectivity index (χ4v) is 2.83. The van der Waals surface area contributed by atoms with Gasteiger partial charge in [-0.1, -0.05) is 42.5 Å². The number of hydrogen-bond acceptors (Lipinski definition) is 3. The van der Waals surface area contributed by atoms with Gasteiger partial charge in [0.05, 0.1) is 0 Å². The molecule has 0 aliphatic rings. The maximum absolute atomic E-state index is 11.1. The number of para-hydroxylation sites is 1. The first kappa shape index (κ1) is 18.7. The molecule has 0 bridgehead atoms. The van der Waals surface area contributed by atoms with Gasteiger partial charge in [0.25, 0.3) is 0 Å². The summed E-state index contributed by atoms with van der Waals surface area (Å²) in [7, 11) is 0. The molecule has 27 heavy (non-hydrogen) atoms. The van der Waals surface area contributed by atoms with Crippen LogP contribution in [0.25, 0.3) is 0 Å². The molecule has 0 amide bonds. The minimum absolute atomic E-state index is 0.214. The third-order valence-electron chi connectivity index (χ3n) is 4.28. The zero-order valence-electron chi connectivity index (χ0n) is 15.8. The molecule has 138 valence electrons. The maximum Gasteiger partial charge on any atom is 0.130 e. The Morgan fingerprint density at radius 3 is 2.37 bits per heavy atom. The lowest BCUT2D eigenvalue weighted by molar-refractivity contribution is -0.116. The lowest BCUT2D eigenvalue weighted by atomic mass is 10.1. The molecular formula is C24H24O3. The Balaban J connectivity index is 1.61. The van der Waals surface area contributed by atoms with Crippen molar-refractivity contribution in [1.29, 1.82) is 0 Å². The van der Waals surface area contributed by atoms with Crippen molar-refractivity contribution in [2.75, 3.05) is 0 Å². The van der Waals surface area contributed by atoms with E-state index in [9.17, 15) is 4.79 Å². The van der Waals surface area contributed by atoms with Crippen LogP contribution in [-0.2, 0) is 17.8 Å². The Hall–Kier alpha value is -3.07.